The number of hydrogen-bond acceptors (Lipinski definition) is 2. The summed E-state index contributed by atoms with van der Waals surface area (Å²) in [5.41, 5.74) is -0.0203. The summed E-state index contributed by atoms with van der Waals surface area (Å²) in [6.45, 7) is 1.89. The number of esters is 1. The van der Waals surface area contributed by atoms with Crippen molar-refractivity contribution in [1.82, 2.24) is 0 Å². The quantitative estimate of drug-likeness (QED) is 0.485. The minimum atomic E-state index is -0.617. The van der Waals surface area contributed by atoms with Gasteiger partial charge in [-0.15, -0.1) is 0 Å². The molecule has 0 saturated heterocycles. The van der Waals surface area contributed by atoms with Crippen molar-refractivity contribution in [3.63, 3.8) is 0 Å². The number of carbonyl (C=O) groups is 1. The molecule has 16 heavy (non-hydrogen) atoms. The van der Waals surface area contributed by atoms with Crippen molar-refractivity contribution in [2.45, 2.75) is 6.92 Å². The smallest absolute Gasteiger partial charge is 0.330 e. The molecule has 0 fully saturated rings. The molecule has 0 saturated carbocycles. The second kappa shape index (κ2) is 5.75. The van der Waals surface area contributed by atoms with Crippen molar-refractivity contribution in [3.8, 4) is 0 Å². The number of halogens is 3. The van der Waals surface area contributed by atoms with E-state index in [2.05, 4.69) is 20.7 Å². The molecule has 0 aliphatic heterocycles. The molecule has 86 valence electrons. The fourth-order valence-electron chi connectivity index (χ4n) is 1.04. The summed E-state index contributed by atoms with van der Waals surface area (Å²) in [5, 5.41) is 0. The average Bonchev–Trinajstić information content (AvgIpc) is 2.24. The molecule has 1 aromatic rings. The van der Waals surface area contributed by atoms with Gasteiger partial charge < -0.3 is 4.74 Å². The fourth-order valence-corrected chi connectivity index (χ4v) is 1.49. The molecule has 1 aromatic carbocycles. The summed E-state index contributed by atoms with van der Waals surface area (Å²) in [7, 11) is 0. The Hall–Kier alpha value is -1.23. The Morgan fingerprint density at radius 2 is 2.06 bits per heavy atom. The van der Waals surface area contributed by atoms with Crippen LogP contribution in [-0.4, -0.2) is 12.6 Å². The van der Waals surface area contributed by atoms with Crippen LogP contribution in [0.1, 0.15) is 12.5 Å². The maximum atomic E-state index is 13.3. The third-order valence-corrected chi connectivity index (χ3v) is 2.56. The van der Waals surface area contributed by atoms with Crippen molar-refractivity contribution >= 4 is 28.0 Å². The first-order chi connectivity index (χ1) is 7.56. The van der Waals surface area contributed by atoms with E-state index < -0.39 is 17.6 Å². The van der Waals surface area contributed by atoms with Gasteiger partial charge in [-0.05, 0) is 41.1 Å². The van der Waals surface area contributed by atoms with Gasteiger partial charge in [-0.25, -0.2) is 13.6 Å². The predicted octanol–water partition coefficient (Wildman–Crippen LogP) is 3.30. The lowest BCUT2D eigenvalue weighted by molar-refractivity contribution is -0.137. The Labute approximate surface area is 100 Å². The van der Waals surface area contributed by atoms with E-state index in [0.717, 1.165) is 18.2 Å². The lowest BCUT2D eigenvalue weighted by atomic mass is 10.2. The van der Waals surface area contributed by atoms with Gasteiger partial charge in [-0.2, -0.15) is 0 Å². The van der Waals surface area contributed by atoms with Gasteiger partial charge >= 0.3 is 5.97 Å². The van der Waals surface area contributed by atoms with E-state index in [1.165, 1.54) is 6.08 Å². The molecule has 0 amide bonds. The van der Waals surface area contributed by atoms with Crippen molar-refractivity contribution in [1.29, 1.82) is 0 Å². The van der Waals surface area contributed by atoms with Gasteiger partial charge in [0.25, 0.3) is 0 Å². The molecule has 0 aliphatic rings. The molecule has 0 unspecified atom stereocenters. The van der Waals surface area contributed by atoms with Crippen molar-refractivity contribution in [2.24, 2.45) is 0 Å². The summed E-state index contributed by atoms with van der Waals surface area (Å²) in [5.74, 6) is -1.81. The zero-order valence-corrected chi connectivity index (χ0v) is 10.1. The van der Waals surface area contributed by atoms with Gasteiger partial charge in [0.05, 0.1) is 11.1 Å². The molecule has 1 rings (SSSR count). The first kappa shape index (κ1) is 12.8. The number of carbonyl (C=O) groups excluding carboxylic acids is 1. The maximum absolute atomic E-state index is 13.3. The molecule has 0 heterocycles. The van der Waals surface area contributed by atoms with Gasteiger partial charge in [0.1, 0.15) is 11.6 Å². The molecule has 0 N–H and O–H groups in total. The Kier molecular flexibility index (Phi) is 4.61. The zero-order valence-electron chi connectivity index (χ0n) is 8.47. The van der Waals surface area contributed by atoms with Gasteiger partial charge in [0, 0.05) is 11.6 Å². The topological polar surface area (TPSA) is 26.3 Å². The maximum Gasteiger partial charge on any atom is 0.330 e. The van der Waals surface area contributed by atoms with Crippen molar-refractivity contribution in [3.05, 3.63) is 39.9 Å². The van der Waals surface area contributed by atoms with Crippen LogP contribution in [0.5, 0.6) is 0 Å². The lowest BCUT2D eigenvalue weighted by Crippen LogP contribution is -1.99. The molecule has 2 nitrogen and oxygen atoms in total. The third kappa shape index (κ3) is 3.13. The van der Waals surface area contributed by atoms with Gasteiger partial charge in [0.15, 0.2) is 0 Å². The van der Waals surface area contributed by atoms with E-state index >= 15 is 0 Å². The first-order valence-corrected chi connectivity index (χ1v) is 5.34. The number of hydrogen-bond donors (Lipinski definition) is 0. The predicted molar refractivity (Wildman–Crippen MR) is 59.7 cm³/mol. The third-order valence-electron chi connectivity index (χ3n) is 1.75. The van der Waals surface area contributed by atoms with E-state index in [1.54, 1.807) is 6.92 Å². The molecule has 0 spiro atoms. The molecule has 0 radical (unpaired) electrons. The van der Waals surface area contributed by atoms with E-state index in [0.29, 0.717) is 0 Å². The van der Waals surface area contributed by atoms with Gasteiger partial charge in [-0.3, -0.25) is 0 Å². The molecule has 0 aromatic heterocycles. The van der Waals surface area contributed by atoms with Crippen LogP contribution < -0.4 is 0 Å². The summed E-state index contributed by atoms with van der Waals surface area (Å²) >= 11 is 2.90. The standard InChI is InChI=1S/C11H9BrF2O2/c1-2-16-10(15)6-3-7-8(13)4-5-9(14)11(7)12/h3-6H,2H2,1H3/b6-3+. The zero-order chi connectivity index (χ0) is 12.1. The fraction of sp³-hybridized carbons (Fsp3) is 0.182. The number of rotatable bonds is 3. The Morgan fingerprint density at radius 3 is 2.69 bits per heavy atom. The summed E-state index contributed by atoms with van der Waals surface area (Å²) in [6, 6.07) is 1.99. The van der Waals surface area contributed by atoms with E-state index in [1.807, 2.05) is 0 Å². The van der Waals surface area contributed by atoms with Crippen molar-refractivity contribution in [2.75, 3.05) is 6.61 Å². The van der Waals surface area contributed by atoms with E-state index in [4.69, 9.17) is 0 Å². The normalized spacial score (nSPS) is 10.8. The van der Waals surface area contributed by atoms with Gasteiger partial charge in [0.2, 0.25) is 0 Å². The minimum absolute atomic E-state index is 0.0203. The van der Waals surface area contributed by atoms with Crippen molar-refractivity contribution < 1.29 is 18.3 Å². The molecule has 0 atom stereocenters. The molecule has 0 bridgehead atoms. The second-order valence-corrected chi connectivity index (χ2v) is 3.64. The van der Waals surface area contributed by atoms with Crippen LogP contribution in [0.4, 0.5) is 8.78 Å². The Balaban J connectivity index is 2.97. The van der Waals surface area contributed by atoms with E-state index in [-0.39, 0.29) is 16.6 Å². The largest absolute Gasteiger partial charge is 0.463 e. The highest BCUT2D eigenvalue weighted by Crippen LogP contribution is 2.24. The monoisotopic (exact) mass is 290 g/mol. The highest BCUT2D eigenvalue weighted by Gasteiger charge is 2.09. The summed E-state index contributed by atoms with van der Waals surface area (Å²) < 4.78 is 30.9. The summed E-state index contributed by atoms with van der Waals surface area (Å²) in [4.78, 5) is 11.0. The lowest BCUT2D eigenvalue weighted by Gasteiger charge is -2.01. The number of benzene rings is 1. The minimum Gasteiger partial charge on any atom is -0.463 e. The molecule has 0 aliphatic carbocycles. The highest BCUT2D eigenvalue weighted by atomic mass is 79.9. The molecular weight excluding hydrogens is 282 g/mol. The van der Waals surface area contributed by atoms with Crippen LogP contribution in [0.15, 0.2) is 22.7 Å². The Morgan fingerprint density at radius 1 is 1.44 bits per heavy atom. The number of ether oxygens (including phenoxy) is 1. The van der Waals surface area contributed by atoms with Crippen LogP contribution in [0, 0.1) is 11.6 Å². The van der Waals surface area contributed by atoms with Gasteiger partial charge in [-0.1, -0.05) is 0 Å². The van der Waals surface area contributed by atoms with Crippen LogP contribution >= 0.6 is 15.9 Å². The average molecular weight is 291 g/mol. The molecule has 5 heteroatoms. The van der Waals surface area contributed by atoms with Crippen LogP contribution in [-0.2, 0) is 9.53 Å². The molecular formula is C11H9BrF2O2. The van der Waals surface area contributed by atoms with Crippen LogP contribution in [0.25, 0.3) is 6.08 Å². The SMILES string of the molecule is CCOC(=O)/C=C/c1c(F)ccc(F)c1Br. The van der Waals surface area contributed by atoms with E-state index in [9.17, 15) is 13.6 Å². The highest BCUT2D eigenvalue weighted by molar-refractivity contribution is 9.10. The first-order valence-electron chi connectivity index (χ1n) is 4.54. The van der Waals surface area contributed by atoms with Crippen LogP contribution in [0.3, 0.4) is 0 Å². The van der Waals surface area contributed by atoms with Crippen LogP contribution in [0.2, 0.25) is 0 Å². The summed E-state index contributed by atoms with van der Waals surface area (Å²) in [6.07, 6.45) is 2.21. The Bertz CT molecular complexity index is 430. The second-order valence-electron chi connectivity index (χ2n) is 2.84.